The molecule has 35 heteroatoms. The molecule has 0 saturated carbocycles. The molecule has 130 heavy (non-hydrogen) atoms. The first kappa shape index (κ1) is 87.3. The monoisotopic (exact) mass is 1840 g/mol. The number of para-hydroxylation sites is 3. The van der Waals surface area contributed by atoms with Crippen molar-refractivity contribution in [1.29, 1.82) is 10.5 Å². The number of fused-ring (bicyclic) bond motifs is 6. The number of Topliss-reactive ketones (excluding diaryl/α,β-unsaturated/α-hetero) is 1. The number of aliphatic hydroxyl groups is 1. The van der Waals surface area contributed by atoms with E-state index in [2.05, 4.69) is 101 Å². The molecule has 0 radical (unpaired) electrons. The number of H-pyrrole nitrogens is 2. The molecular formula is C95H78N18O11S6. The van der Waals surface area contributed by atoms with Crippen LogP contribution in [0.2, 0.25) is 0 Å². The number of aromatic amines is 2. The molecule has 0 aliphatic carbocycles. The number of aryl methyl sites for hydroxylation is 4. The number of rotatable bonds is 24. The number of ketones is 1. The number of anilines is 6. The van der Waals surface area contributed by atoms with Crippen molar-refractivity contribution >= 4 is 165 Å². The largest absolute Gasteiger partial charge is 0.494 e. The molecule has 3 aliphatic heterocycles. The minimum atomic E-state index is -1.17. The van der Waals surface area contributed by atoms with Crippen molar-refractivity contribution in [3.63, 3.8) is 0 Å². The van der Waals surface area contributed by atoms with Crippen LogP contribution >= 0.6 is 68.0 Å². The number of ether oxygens (including phenoxy) is 2. The summed E-state index contributed by atoms with van der Waals surface area (Å²) in [6.45, 7) is 9.01. The van der Waals surface area contributed by atoms with Gasteiger partial charge in [0.1, 0.15) is 63.3 Å². The first-order valence-electron chi connectivity index (χ1n) is 41.3. The summed E-state index contributed by atoms with van der Waals surface area (Å²) in [7, 11) is 0. The Labute approximate surface area is 767 Å². The minimum absolute atomic E-state index is 0.0286. The average molecular weight is 1840 g/mol. The Hall–Kier alpha value is -14.7. The second kappa shape index (κ2) is 39.2. The molecule has 3 aliphatic rings. The average Bonchev–Trinajstić information content (AvgIpc) is 1.45. The van der Waals surface area contributed by atoms with Gasteiger partial charge in [0.15, 0.2) is 48.0 Å². The van der Waals surface area contributed by atoms with E-state index in [1.165, 1.54) is 74.9 Å². The number of benzene rings is 8. The molecule has 11 heterocycles. The van der Waals surface area contributed by atoms with Gasteiger partial charge in [-0.05, 0) is 189 Å². The Bertz CT molecular complexity index is 7120. The molecular weight excluding hydrogens is 1760 g/mol. The van der Waals surface area contributed by atoms with Crippen molar-refractivity contribution in [2.45, 2.75) is 85.4 Å². The summed E-state index contributed by atoms with van der Waals surface area (Å²) in [5.74, 6) is 4.06. The van der Waals surface area contributed by atoms with Crippen LogP contribution < -0.4 is 40.1 Å². The van der Waals surface area contributed by atoms with Crippen LogP contribution in [0, 0.1) is 48.4 Å². The number of aliphatic hydroxyl groups excluding tert-OH is 1. The fraction of sp³-hybridized carbons (Fsp3) is 0.200. The van der Waals surface area contributed by atoms with Gasteiger partial charge in [0.25, 0.3) is 17.7 Å². The van der Waals surface area contributed by atoms with Crippen LogP contribution in [0.1, 0.15) is 153 Å². The lowest BCUT2D eigenvalue weighted by Gasteiger charge is -2.29. The third-order valence-electron chi connectivity index (χ3n) is 21.9. The van der Waals surface area contributed by atoms with Gasteiger partial charge in [-0.1, -0.05) is 136 Å². The van der Waals surface area contributed by atoms with Crippen LogP contribution in [-0.4, -0.2) is 141 Å². The number of aromatic carboxylic acids is 2. The van der Waals surface area contributed by atoms with Crippen molar-refractivity contribution in [2.24, 2.45) is 0 Å². The van der Waals surface area contributed by atoms with Gasteiger partial charge in [0.2, 0.25) is 0 Å². The number of hydrogen-bond acceptors (Lipinski definition) is 28. The van der Waals surface area contributed by atoms with Crippen LogP contribution in [0.4, 0.5) is 30.8 Å². The highest BCUT2D eigenvalue weighted by Gasteiger charge is 2.32. The third-order valence-corrected chi connectivity index (χ3v) is 28.1. The zero-order chi connectivity index (χ0) is 90.1. The first-order chi connectivity index (χ1) is 63.3. The quantitative estimate of drug-likeness (QED) is 0.0158. The number of aromatic nitrogens is 10. The highest BCUT2D eigenvalue weighted by atomic mass is 32.1. The summed E-state index contributed by atoms with van der Waals surface area (Å²) in [6, 6.07) is 59.4. The standard InChI is InChI=1S/C35H29N7O4S2.C35H25N7O4S2.C25H24N4O3S2/c1-20-25(18-36)30(41-40-20)22-8-4-9-23(17-22)46-16-6-13-29-31(33(44)45)38-35(48-29)42-15-14-21-7-5-10-24(26(21)19-42)32(43)39-34-37-27-11-2-3-12-28(27)47-34;1-20-25(18-36)30(41-40-20)22-11-13-23(14-12-22)46-17-5-10-29-31(33(44)45)38-35(48-29)42-16-15-21-6-4-7-24(26(21)19-42)32(43)39-34-37-27-8-2-3-9-28(27)47-34;1-15(31)22-21(10-5-13-30)34-25(27-22)29-12-11-16-6-4-7-17(18(16)14-29)23(32)28-24-26-19-8-2-3-9-20(19)33-24/h2-5,7-12,17H,6,13-16,19H2,1H3,(H,40,41)(H,44,45)(H,37,39,43);2-4,6-9,11-14H,15-17,19H2,1H3,(H,40,41)(H,44,45)(H,37,39,43);2-4,6-9,30H,5,10-14H2,1H3,(H,26,28,32). The number of carboxylic acids is 2. The van der Waals surface area contributed by atoms with E-state index in [0.29, 0.717) is 181 Å². The number of thiazole rings is 6. The Balaban J connectivity index is 0.000000139. The van der Waals surface area contributed by atoms with Crippen molar-refractivity contribution in [3.05, 3.63) is 280 Å². The van der Waals surface area contributed by atoms with Crippen LogP contribution in [0.15, 0.2) is 176 Å². The number of carboxylic acid groups (broad SMARTS) is 2. The fourth-order valence-electron chi connectivity index (χ4n) is 15.4. The van der Waals surface area contributed by atoms with Gasteiger partial charge < -0.3 is 39.5 Å². The second-order valence-corrected chi connectivity index (χ2v) is 36.5. The predicted octanol–water partition coefficient (Wildman–Crippen LogP) is 17.8. The number of nitrogens with zero attached hydrogens (tertiary/aromatic N) is 13. The molecule has 650 valence electrons. The highest BCUT2D eigenvalue weighted by Crippen LogP contribution is 2.40. The summed E-state index contributed by atoms with van der Waals surface area (Å²) in [6.07, 6.45) is 4.45. The molecule has 19 rings (SSSR count). The van der Waals surface area contributed by atoms with Crippen molar-refractivity contribution in [1.82, 2.24) is 50.3 Å². The number of carbonyl (C=O) groups is 6. The normalized spacial score (nSPS) is 12.5. The number of nitrogens with one attached hydrogen (secondary N) is 5. The Morgan fingerprint density at radius 3 is 1.35 bits per heavy atom. The van der Waals surface area contributed by atoms with E-state index in [1.807, 2.05) is 161 Å². The molecule has 3 amide bonds. The van der Waals surface area contributed by atoms with E-state index in [9.17, 15) is 54.6 Å². The van der Waals surface area contributed by atoms with E-state index < -0.39 is 11.9 Å². The number of amides is 3. The first-order valence-corrected chi connectivity index (χ1v) is 46.2. The van der Waals surface area contributed by atoms with Gasteiger partial charge in [-0.2, -0.15) is 20.7 Å². The molecule has 0 atom stereocenters. The topological polar surface area (TPSA) is 410 Å². The SMILES string of the molecule is CC(=O)c1nc(N2CCc3cccc(C(=O)Nc4nc5ccccc5s4)c3C2)sc1CCCO.Cc1[nH]nc(-c2ccc(OCC#Cc3sc(N4CCc5cccc(C(=O)Nc6nc7ccccc7s6)c5C4)nc3C(=O)O)cc2)c1C#N.Cc1[nH]nc(-c2cccc(OCCCc3sc(N4CCc5cccc(C(=O)Nc6nc7ccccc7s6)c5C4)nc3C(=O)O)c2)c1C#N. The van der Waals surface area contributed by atoms with E-state index in [0.717, 1.165) is 98.1 Å². The number of carbonyl (C=O) groups excluding carboxylic acids is 4. The van der Waals surface area contributed by atoms with E-state index >= 15 is 0 Å². The molecule has 0 fully saturated rings. The van der Waals surface area contributed by atoms with Gasteiger partial charge in [-0.15, -0.1) is 22.7 Å². The Morgan fingerprint density at radius 2 is 0.900 bits per heavy atom. The highest BCUT2D eigenvalue weighted by molar-refractivity contribution is 7.23. The van der Waals surface area contributed by atoms with Crippen molar-refractivity contribution < 1.29 is 53.6 Å². The smallest absolute Gasteiger partial charge is 0.356 e. The Morgan fingerprint density at radius 1 is 0.469 bits per heavy atom. The molecule has 16 aromatic rings. The molecule has 29 nitrogen and oxygen atoms in total. The number of hydrogen-bond donors (Lipinski definition) is 8. The van der Waals surface area contributed by atoms with E-state index in [4.69, 9.17) is 9.47 Å². The maximum atomic E-state index is 13.4. The summed E-state index contributed by atoms with van der Waals surface area (Å²) in [5, 5.41) is 74.5. The number of nitriles is 2. The lowest BCUT2D eigenvalue weighted by atomic mass is 9.94. The lowest BCUT2D eigenvalue weighted by molar-refractivity contribution is 0.0680. The maximum Gasteiger partial charge on any atom is 0.356 e. The Kier molecular flexibility index (Phi) is 26.4. The molecule has 8 N–H and O–H groups in total. The van der Waals surface area contributed by atoms with Gasteiger partial charge in [-0.25, -0.2) is 39.5 Å². The van der Waals surface area contributed by atoms with Crippen molar-refractivity contribution in [2.75, 3.05) is 70.1 Å². The minimum Gasteiger partial charge on any atom is -0.494 e. The predicted molar refractivity (Wildman–Crippen MR) is 505 cm³/mol. The maximum absolute atomic E-state index is 13.4. The van der Waals surface area contributed by atoms with E-state index in [-0.39, 0.29) is 48.1 Å². The fourth-order valence-corrected chi connectivity index (χ4v) is 21.3. The van der Waals surface area contributed by atoms with Gasteiger partial charge in [0, 0.05) is 90.4 Å². The van der Waals surface area contributed by atoms with Crippen LogP contribution in [0.3, 0.4) is 0 Å². The van der Waals surface area contributed by atoms with Crippen LogP contribution in [0.25, 0.3) is 53.2 Å². The molecule has 8 aromatic carbocycles. The molecule has 0 bridgehead atoms. The zero-order valence-electron chi connectivity index (χ0n) is 69.9. The van der Waals surface area contributed by atoms with Crippen molar-refractivity contribution in [3.8, 4) is 58.0 Å². The third kappa shape index (κ3) is 19.4. The molecule has 0 saturated heterocycles. The van der Waals surface area contributed by atoms with E-state index in [1.54, 1.807) is 32.0 Å². The lowest BCUT2D eigenvalue weighted by Crippen LogP contribution is -2.32. The van der Waals surface area contributed by atoms with Gasteiger partial charge in [0.05, 0.1) is 48.6 Å². The van der Waals surface area contributed by atoms with Crippen LogP contribution in [-0.2, 0) is 51.7 Å². The van der Waals surface area contributed by atoms with Gasteiger partial charge in [-0.3, -0.25) is 45.3 Å². The summed E-state index contributed by atoms with van der Waals surface area (Å²) in [4.78, 5) is 112. The van der Waals surface area contributed by atoms with Crippen LogP contribution in [0.5, 0.6) is 11.5 Å². The molecule has 0 spiro atoms. The second-order valence-electron chi connectivity index (χ2n) is 30.3. The summed E-state index contributed by atoms with van der Waals surface area (Å²) >= 11 is 8.37. The van der Waals surface area contributed by atoms with Gasteiger partial charge >= 0.3 is 11.9 Å². The zero-order valence-corrected chi connectivity index (χ0v) is 74.8. The summed E-state index contributed by atoms with van der Waals surface area (Å²) in [5.41, 5.74) is 15.8. The molecule has 0 unspecified atom stereocenters. The molecule has 8 aromatic heterocycles. The summed E-state index contributed by atoms with van der Waals surface area (Å²) < 4.78 is 14.8.